The summed E-state index contributed by atoms with van der Waals surface area (Å²) in [7, 11) is 1.84. The Morgan fingerprint density at radius 3 is 2.50 bits per heavy atom. The van der Waals surface area contributed by atoms with Gasteiger partial charge in [-0.25, -0.2) is 0 Å². The number of guanidine groups is 1. The number of rotatable bonds is 8. The molecule has 130 valence electrons. The van der Waals surface area contributed by atoms with Crippen LogP contribution in [0.25, 0.3) is 0 Å². The summed E-state index contributed by atoms with van der Waals surface area (Å²) in [6, 6.07) is 0. The Morgan fingerprint density at radius 1 is 1.23 bits per heavy atom. The summed E-state index contributed by atoms with van der Waals surface area (Å²) in [6.45, 7) is 12.6. The van der Waals surface area contributed by atoms with Crippen LogP contribution in [0.5, 0.6) is 0 Å². The number of hydrogen-bond donors (Lipinski definition) is 2. The molecule has 2 N–H and O–H groups in total. The Hall–Kier alpha value is -0.420. The summed E-state index contributed by atoms with van der Waals surface area (Å²) in [5.41, 5.74) is 0. The average Bonchev–Trinajstić information content (AvgIpc) is 2.51. The maximum absolute atomic E-state index is 4.30. The first kappa shape index (κ1) is 19.6. The fourth-order valence-corrected chi connectivity index (χ4v) is 2.76. The predicted molar refractivity (Wildman–Crippen MR) is 101 cm³/mol. The van der Waals surface area contributed by atoms with Crippen LogP contribution >= 0.6 is 11.8 Å². The zero-order valence-corrected chi connectivity index (χ0v) is 16.1. The van der Waals surface area contributed by atoms with Crippen molar-refractivity contribution < 1.29 is 0 Å². The van der Waals surface area contributed by atoms with Crippen LogP contribution in [0.2, 0.25) is 0 Å². The van der Waals surface area contributed by atoms with Crippen molar-refractivity contribution in [3.8, 4) is 0 Å². The topological polar surface area (TPSA) is 39.7 Å². The van der Waals surface area contributed by atoms with Crippen molar-refractivity contribution in [2.75, 3.05) is 46.0 Å². The van der Waals surface area contributed by atoms with Gasteiger partial charge in [0.15, 0.2) is 5.96 Å². The van der Waals surface area contributed by atoms with Gasteiger partial charge in [0.25, 0.3) is 0 Å². The van der Waals surface area contributed by atoms with Crippen molar-refractivity contribution in [3.05, 3.63) is 0 Å². The van der Waals surface area contributed by atoms with E-state index in [2.05, 4.69) is 47.6 Å². The Labute approximate surface area is 141 Å². The van der Waals surface area contributed by atoms with E-state index < -0.39 is 0 Å². The molecule has 22 heavy (non-hydrogen) atoms. The number of hydrogen-bond acceptors (Lipinski definition) is 3. The highest BCUT2D eigenvalue weighted by molar-refractivity contribution is 7.99. The second kappa shape index (κ2) is 10.4. The summed E-state index contributed by atoms with van der Waals surface area (Å²) in [4.78, 5) is 6.92. The number of aliphatic imine (C=N–C) groups is 1. The maximum atomic E-state index is 4.30. The van der Waals surface area contributed by atoms with Gasteiger partial charge in [-0.05, 0) is 71.3 Å². The van der Waals surface area contributed by atoms with Crippen LogP contribution in [-0.4, -0.2) is 61.6 Å². The molecule has 0 spiro atoms. The monoisotopic (exact) mass is 328 g/mol. The third-order valence-corrected chi connectivity index (χ3v) is 5.78. The van der Waals surface area contributed by atoms with Crippen LogP contribution in [-0.2, 0) is 0 Å². The number of likely N-dealkylation sites (tertiary alicyclic amines) is 1. The minimum atomic E-state index is 0.239. The molecule has 1 heterocycles. The van der Waals surface area contributed by atoms with Crippen LogP contribution in [0.1, 0.15) is 46.5 Å². The molecule has 0 radical (unpaired) electrons. The largest absolute Gasteiger partial charge is 0.356 e. The average molecular weight is 329 g/mol. The summed E-state index contributed by atoms with van der Waals surface area (Å²) in [6.07, 6.45) is 7.38. The molecule has 5 heteroatoms. The van der Waals surface area contributed by atoms with E-state index in [4.69, 9.17) is 0 Å². The highest BCUT2D eigenvalue weighted by Gasteiger charge is 2.16. The van der Waals surface area contributed by atoms with Crippen molar-refractivity contribution in [1.82, 2.24) is 15.5 Å². The smallest absolute Gasteiger partial charge is 0.191 e. The summed E-state index contributed by atoms with van der Waals surface area (Å²) in [5.74, 6) is 1.85. The van der Waals surface area contributed by atoms with E-state index >= 15 is 0 Å². The SMILES string of the molecule is CN=C(NCCCCN1CCC(C)CC1)NCC(C)(C)SC. The molecule has 0 aromatic rings. The molecule has 1 saturated heterocycles. The van der Waals surface area contributed by atoms with E-state index in [1.807, 2.05) is 18.8 Å². The van der Waals surface area contributed by atoms with Crippen molar-refractivity contribution in [1.29, 1.82) is 0 Å². The van der Waals surface area contributed by atoms with E-state index in [0.717, 1.165) is 25.0 Å². The van der Waals surface area contributed by atoms with Gasteiger partial charge in [0.05, 0.1) is 0 Å². The molecule has 1 fully saturated rings. The summed E-state index contributed by atoms with van der Waals surface area (Å²) < 4.78 is 0.239. The fraction of sp³-hybridized carbons (Fsp3) is 0.941. The van der Waals surface area contributed by atoms with Crippen molar-refractivity contribution >= 4 is 17.7 Å². The zero-order valence-electron chi connectivity index (χ0n) is 15.2. The second-order valence-electron chi connectivity index (χ2n) is 7.05. The zero-order chi connectivity index (χ0) is 16.4. The van der Waals surface area contributed by atoms with Gasteiger partial charge >= 0.3 is 0 Å². The van der Waals surface area contributed by atoms with Crippen LogP contribution in [0.15, 0.2) is 4.99 Å². The minimum Gasteiger partial charge on any atom is -0.356 e. The lowest BCUT2D eigenvalue weighted by atomic mass is 9.99. The quantitative estimate of drug-likeness (QED) is 0.408. The second-order valence-corrected chi connectivity index (χ2v) is 8.56. The molecular formula is C17H36N4S. The third-order valence-electron chi connectivity index (χ3n) is 4.53. The predicted octanol–water partition coefficient (Wildman–Crippen LogP) is 2.81. The first-order valence-electron chi connectivity index (χ1n) is 8.69. The van der Waals surface area contributed by atoms with Crippen LogP contribution in [0, 0.1) is 5.92 Å². The van der Waals surface area contributed by atoms with Gasteiger partial charge in [-0.3, -0.25) is 4.99 Å². The molecule has 1 rings (SSSR count). The Bertz CT molecular complexity index is 323. The standard InChI is InChI=1S/C17H36N4S/c1-15-8-12-21(13-9-15)11-7-6-10-19-16(18-4)20-14-17(2,3)22-5/h15H,6-14H2,1-5H3,(H2,18,19,20). The van der Waals surface area contributed by atoms with E-state index in [0.29, 0.717) is 0 Å². The molecule has 4 nitrogen and oxygen atoms in total. The molecule has 0 saturated carbocycles. The first-order chi connectivity index (χ1) is 10.5. The fourth-order valence-electron chi connectivity index (χ4n) is 2.54. The van der Waals surface area contributed by atoms with Crippen LogP contribution < -0.4 is 10.6 Å². The summed E-state index contributed by atoms with van der Waals surface area (Å²) in [5, 5.41) is 6.84. The first-order valence-corrected chi connectivity index (χ1v) is 9.91. The lowest BCUT2D eigenvalue weighted by Crippen LogP contribution is -2.43. The lowest BCUT2D eigenvalue weighted by Gasteiger charge is -2.30. The molecular weight excluding hydrogens is 292 g/mol. The minimum absolute atomic E-state index is 0.239. The van der Waals surface area contributed by atoms with Crippen molar-refractivity contribution in [2.45, 2.75) is 51.2 Å². The van der Waals surface area contributed by atoms with Crippen molar-refractivity contribution in [3.63, 3.8) is 0 Å². The normalized spacial score (nSPS) is 18.5. The molecule has 0 atom stereocenters. The van der Waals surface area contributed by atoms with Gasteiger partial charge in [0.1, 0.15) is 0 Å². The molecule has 0 amide bonds. The summed E-state index contributed by atoms with van der Waals surface area (Å²) >= 11 is 1.88. The molecule has 0 bridgehead atoms. The van der Waals surface area contributed by atoms with Gasteiger partial charge in [-0.15, -0.1) is 0 Å². The molecule has 0 unspecified atom stereocenters. The van der Waals surface area contributed by atoms with Crippen molar-refractivity contribution in [2.24, 2.45) is 10.9 Å². The number of unbranched alkanes of at least 4 members (excludes halogenated alkanes) is 1. The van der Waals surface area contributed by atoms with Gasteiger partial charge < -0.3 is 15.5 Å². The Morgan fingerprint density at radius 2 is 1.91 bits per heavy atom. The lowest BCUT2D eigenvalue weighted by molar-refractivity contribution is 0.189. The highest BCUT2D eigenvalue weighted by atomic mass is 32.2. The number of thioether (sulfide) groups is 1. The van der Waals surface area contributed by atoms with Gasteiger partial charge in [0, 0.05) is 24.9 Å². The maximum Gasteiger partial charge on any atom is 0.191 e. The van der Waals surface area contributed by atoms with E-state index in [-0.39, 0.29) is 4.75 Å². The van der Waals surface area contributed by atoms with Gasteiger partial charge in [-0.2, -0.15) is 11.8 Å². The third kappa shape index (κ3) is 8.28. The van der Waals surface area contributed by atoms with Gasteiger partial charge in [0.2, 0.25) is 0 Å². The molecule has 1 aliphatic heterocycles. The highest BCUT2D eigenvalue weighted by Crippen LogP contribution is 2.19. The van der Waals surface area contributed by atoms with Crippen LogP contribution in [0.4, 0.5) is 0 Å². The Kier molecular flexibility index (Phi) is 9.25. The number of nitrogens with one attached hydrogen (secondary N) is 2. The van der Waals surface area contributed by atoms with Gasteiger partial charge in [-0.1, -0.05) is 6.92 Å². The Balaban J connectivity index is 2.07. The molecule has 0 aromatic heterocycles. The van der Waals surface area contributed by atoms with Crippen LogP contribution in [0.3, 0.4) is 0 Å². The van der Waals surface area contributed by atoms with E-state index in [9.17, 15) is 0 Å². The number of piperidine rings is 1. The van der Waals surface area contributed by atoms with E-state index in [1.54, 1.807) is 0 Å². The molecule has 1 aliphatic rings. The van der Waals surface area contributed by atoms with E-state index in [1.165, 1.54) is 45.3 Å². The molecule has 0 aromatic carbocycles. The molecule has 0 aliphatic carbocycles. The number of nitrogens with zero attached hydrogens (tertiary/aromatic N) is 2.